The van der Waals surface area contributed by atoms with Crippen molar-refractivity contribution in [3.63, 3.8) is 0 Å². The predicted octanol–water partition coefficient (Wildman–Crippen LogP) is 3.26. The van der Waals surface area contributed by atoms with E-state index in [4.69, 9.17) is 0 Å². The summed E-state index contributed by atoms with van der Waals surface area (Å²) in [5.74, 6) is 0.677. The van der Waals surface area contributed by atoms with Crippen molar-refractivity contribution in [2.45, 2.75) is 32.6 Å². The molecule has 114 valence electrons. The number of pyridine rings is 1. The smallest absolute Gasteiger partial charge is 0.227 e. The molecule has 2 aromatic rings. The third kappa shape index (κ3) is 3.35. The standard InChI is InChI=1S/C19H22N2O/c1-14-8-15(2)10-18(9-14)17-5-7-21(13-17)19(22)11-16-4-3-6-20-12-16/h3-4,6,8-10,12,17H,5,7,11,13H2,1-2H3/t17-/m0/s1. The molecule has 0 N–H and O–H groups in total. The minimum absolute atomic E-state index is 0.208. The van der Waals surface area contributed by atoms with Gasteiger partial charge < -0.3 is 4.90 Å². The van der Waals surface area contributed by atoms with E-state index in [2.05, 4.69) is 37.0 Å². The van der Waals surface area contributed by atoms with E-state index in [-0.39, 0.29) is 5.91 Å². The largest absolute Gasteiger partial charge is 0.342 e. The fourth-order valence-electron chi connectivity index (χ4n) is 3.29. The molecular weight excluding hydrogens is 272 g/mol. The zero-order valence-corrected chi connectivity index (χ0v) is 13.2. The Morgan fingerprint density at radius 1 is 1.27 bits per heavy atom. The lowest BCUT2D eigenvalue weighted by molar-refractivity contribution is -0.129. The quantitative estimate of drug-likeness (QED) is 0.870. The number of hydrogen-bond acceptors (Lipinski definition) is 2. The Bertz CT molecular complexity index is 646. The molecule has 1 aromatic heterocycles. The maximum absolute atomic E-state index is 12.4. The Morgan fingerprint density at radius 3 is 2.73 bits per heavy atom. The van der Waals surface area contributed by atoms with Crippen LogP contribution in [0, 0.1) is 13.8 Å². The van der Waals surface area contributed by atoms with Crippen molar-refractivity contribution >= 4 is 5.91 Å². The van der Waals surface area contributed by atoms with E-state index in [1.54, 1.807) is 12.4 Å². The molecule has 3 nitrogen and oxygen atoms in total. The number of carbonyl (C=O) groups excluding carboxylic acids is 1. The van der Waals surface area contributed by atoms with Gasteiger partial charge in [0.05, 0.1) is 6.42 Å². The van der Waals surface area contributed by atoms with Gasteiger partial charge in [0.2, 0.25) is 5.91 Å². The van der Waals surface area contributed by atoms with Gasteiger partial charge in [0.15, 0.2) is 0 Å². The second kappa shape index (κ2) is 6.30. The second-order valence-electron chi connectivity index (χ2n) is 6.28. The Kier molecular flexibility index (Phi) is 4.23. The van der Waals surface area contributed by atoms with Crippen LogP contribution in [0.5, 0.6) is 0 Å². The molecule has 22 heavy (non-hydrogen) atoms. The number of carbonyl (C=O) groups is 1. The number of rotatable bonds is 3. The van der Waals surface area contributed by atoms with Crippen LogP contribution in [0.3, 0.4) is 0 Å². The topological polar surface area (TPSA) is 33.2 Å². The Morgan fingerprint density at radius 2 is 2.05 bits per heavy atom. The van der Waals surface area contributed by atoms with Crippen molar-refractivity contribution in [1.82, 2.24) is 9.88 Å². The van der Waals surface area contributed by atoms with Crippen molar-refractivity contribution in [2.75, 3.05) is 13.1 Å². The minimum atomic E-state index is 0.208. The van der Waals surface area contributed by atoms with Crippen LogP contribution in [-0.4, -0.2) is 28.9 Å². The summed E-state index contributed by atoms with van der Waals surface area (Å²) >= 11 is 0. The predicted molar refractivity (Wildman–Crippen MR) is 87.8 cm³/mol. The molecule has 0 unspecified atom stereocenters. The average molecular weight is 294 g/mol. The molecule has 1 aliphatic heterocycles. The molecule has 1 aliphatic rings. The van der Waals surface area contributed by atoms with Gasteiger partial charge in [-0.15, -0.1) is 0 Å². The summed E-state index contributed by atoms with van der Waals surface area (Å²) in [4.78, 5) is 18.5. The maximum atomic E-state index is 12.4. The first-order valence-electron chi connectivity index (χ1n) is 7.86. The van der Waals surface area contributed by atoms with Gasteiger partial charge in [-0.3, -0.25) is 9.78 Å². The van der Waals surface area contributed by atoms with Crippen molar-refractivity contribution in [3.8, 4) is 0 Å². The molecule has 3 heteroatoms. The number of likely N-dealkylation sites (tertiary alicyclic amines) is 1. The summed E-state index contributed by atoms with van der Waals surface area (Å²) in [6, 6.07) is 10.6. The first-order valence-corrected chi connectivity index (χ1v) is 7.86. The van der Waals surface area contributed by atoms with Gasteiger partial charge in [-0.25, -0.2) is 0 Å². The number of aryl methyl sites for hydroxylation is 2. The van der Waals surface area contributed by atoms with Gasteiger partial charge in [-0.2, -0.15) is 0 Å². The van der Waals surface area contributed by atoms with Crippen LogP contribution in [-0.2, 0) is 11.2 Å². The monoisotopic (exact) mass is 294 g/mol. The van der Waals surface area contributed by atoms with E-state index < -0.39 is 0 Å². The molecule has 2 heterocycles. The van der Waals surface area contributed by atoms with Gasteiger partial charge in [0.25, 0.3) is 0 Å². The van der Waals surface area contributed by atoms with Crippen LogP contribution >= 0.6 is 0 Å². The van der Waals surface area contributed by atoms with Gasteiger partial charge in [0.1, 0.15) is 0 Å². The SMILES string of the molecule is Cc1cc(C)cc([C@H]2CCN(C(=O)Cc3cccnc3)C2)c1. The zero-order chi connectivity index (χ0) is 15.5. The molecule has 0 aliphatic carbocycles. The van der Waals surface area contributed by atoms with E-state index >= 15 is 0 Å². The van der Waals surface area contributed by atoms with Crippen LogP contribution < -0.4 is 0 Å². The van der Waals surface area contributed by atoms with E-state index in [1.807, 2.05) is 17.0 Å². The number of amides is 1. The first-order chi connectivity index (χ1) is 10.6. The van der Waals surface area contributed by atoms with Crippen LogP contribution in [0.2, 0.25) is 0 Å². The summed E-state index contributed by atoms with van der Waals surface area (Å²) in [5, 5.41) is 0. The van der Waals surface area contributed by atoms with Crippen LogP contribution in [0.15, 0.2) is 42.7 Å². The highest BCUT2D eigenvalue weighted by atomic mass is 16.2. The number of hydrogen-bond donors (Lipinski definition) is 0. The molecule has 1 amide bonds. The number of aromatic nitrogens is 1. The number of benzene rings is 1. The Balaban J connectivity index is 1.65. The van der Waals surface area contributed by atoms with E-state index in [9.17, 15) is 4.79 Å². The van der Waals surface area contributed by atoms with Gasteiger partial charge in [-0.1, -0.05) is 35.4 Å². The molecule has 1 aromatic carbocycles. The molecule has 3 rings (SSSR count). The summed E-state index contributed by atoms with van der Waals surface area (Å²) in [6.45, 7) is 5.96. The van der Waals surface area contributed by atoms with Crippen LogP contribution in [0.25, 0.3) is 0 Å². The Labute approximate surface area is 132 Å². The average Bonchev–Trinajstić information content (AvgIpc) is 2.97. The molecule has 0 radical (unpaired) electrons. The van der Waals surface area contributed by atoms with Crippen molar-refractivity contribution in [3.05, 3.63) is 65.0 Å². The van der Waals surface area contributed by atoms with E-state index in [1.165, 1.54) is 16.7 Å². The second-order valence-corrected chi connectivity index (χ2v) is 6.28. The molecule has 1 saturated heterocycles. The van der Waals surface area contributed by atoms with Gasteiger partial charge in [-0.05, 0) is 37.5 Å². The highest BCUT2D eigenvalue weighted by Gasteiger charge is 2.27. The molecular formula is C19H22N2O. The molecule has 0 saturated carbocycles. The van der Waals surface area contributed by atoms with Crippen molar-refractivity contribution in [1.29, 1.82) is 0 Å². The molecule has 1 fully saturated rings. The third-order valence-corrected chi connectivity index (χ3v) is 4.33. The van der Waals surface area contributed by atoms with E-state index in [0.717, 1.165) is 25.1 Å². The normalized spacial score (nSPS) is 17.7. The first kappa shape index (κ1) is 14.8. The van der Waals surface area contributed by atoms with Crippen LogP contribution in [0.4, 0.5) is 0 Å². The third-order valence-electron chi connectivity index (χ3n) is 4.33. The van der Waals surface area contributed by atoms with Crippen molar-refractivity contribution < 1.29 is 4.79 Å². The molecule has 0 bridgehead atoms. The van der Waals surface area contributed by atoms with Crippen LogP contribution in [0.1, 0.15) is 34.6 Å². The highest BCUT2D eigenvalue weighted by molar-refractivity contribution is 5.79. The summed E-state index contributed by atoms with van der Waals surface area (Å²) in [7, 11) is 0. The summed E-state index contributed by atoms with van der Waals surface area (Å²) in [6.07, 6.45) is 5.02. The maximum Gasteiger partial charge on any atom is 0.227 e. The van der Waals surface area contributed by atoms with E-state index in [0.29, 0.717) is 12.3 Å². The fraction of sp³-hybridized carbons (Fsp3) is 0.368. The number of nitrogens with zero attached hydrogens (tertiary/aromatic N) is 2. The highest BCUT2D eigenvalue weighted by Crippen LogP contribution is 2.28. The summed E-state index contributed by atoms with van der Waals surface area (Å²) < 4.78 is 0. The summed E-state index contributed by atoms with van der Waals surface area (Å²) in [5.41, 5.74) is 4.96. The lowest BCUT2D eigenvalue weighted by Crippen LogP contribution is -2.29. The fourth-order valence-corrected chi connectivity index (χ4v) is 3.29. The van der Waals surface area contributed by atoms with Gasteiger partial charge in [0, 0.05) is 31.4 Å². The minimum Gasteiger partial charge on any atom is -0.342 e. The molecule has 0 spiro atoms. The van der Waals surface area contributed by atoms with Gasteiger partial charge >= 0.3 is 0 Å². The Hall–Kier alpha value is -2.16. The van der Waals surface area contributed by atoms with Crippen molar-refractivity contribution in [2.24, 2.45) is 0 Å². The lowest BCUT2D eigenvalue weighted by Gasteiger charge is -2.17. The zero-order valence-electron chi connectivity index (χ0n) is 13.2. The molecule has 1 atom stereocenters. The lowest BCUT2D eigenvalue weighted by atomic mass is 9.95.